The van der Waals surface area contributed by atoms with Crippen LogP contribution in [0.25, 0.3) is 38.5 Å². The van der Waals surface area contributed by atoms with Crippen LogP contribution in [-0.2, 0) is 23.7 Å². The Morgan fingerprint density at radius 3 is 1.62 bits per heavy atom. The molecular weight excluding hydrogens is 817 g/mol. The minimum Gasteiger partial charge on any atom is -0.357 e. The van der Waals surface area contributed by atoms with E-state index in [9.17, 15) is 9.59 Å². The molecule has 320 valence electrons. The minimum absolute atomic E-state index is 0.118. The number of carbonyl (C=O) groups is 2. The summed E-state index contributed by atoms with van der Waals surface area (Å²) < 4.78 is 4.35. The topological polar surface area (TPSA) is 126 Å². The normalized spacial score (nSPS) is 14.5. The molecule has 5 N–H and O–H groups in total. The number of aliphatic imine (C=N–C) groups is 1. The third-order valence-corrected chi connectivity index (χ3v) is 12.5. The maximum absolute atomic E-state index is 12.0. The first-order chi connectivity index (χ1) is 32.1. The summed E-state index contributed by atoms with van der Waals surface area (Å²) in [7, 11) is 4.17. The Bertz CT molecular complexity index is 3670. The fourth-order valence-electron chi connectivity index (χ4n) is 9.63. The largest absolute Gasteiger partial charge is 0.357 e. The van der Waals surface area contributed by atoms with Crippen molar-refractivity contribution < 1.29 is 18.7 Å². The molecule has 9 aromatic rings. The van der Waals surface area contributed by atoms with Crippen molar-refractivity contribution in [2.45, 2.75) is 19.8 Å². The summed E-state index contributed by atoms with van der Waals surface area (Å²) in [5, 5.41) is 9.90. The predicted molar refractivity (Wildman–Crippen MR) is 261 cm³/mol. The molecule has 7 heterocycles. The van der Waals surface area contributed by atoms with E-state index in [1.54, 1.807) is 0 Å². The number of aromatic nitrogens is 5. The van der Waals surface area contributed by atoms with Crippen molar-refractivity contribution in [3.8, 4) is 0 Å². The van der Waals surface area contributed by atoms with E-state index < -0.39 is 0 Å². The second-order valence-electron chi connectivity index (χ2n) is 17.1. The van der Waals surface area contributed by atoms with Gasteiger partial charge in [-0.25, -0.2) is 14.1 Å². The number of nitrogens with one attached hydrogen (secondary N) is 5. The van der Waals surface area contributed by atoms with Crippen LogP contribution in [-0.4, -0.2) is 32.5 Å². The molecular formula is C56H46N8O2+2. The Balaban J connectivity index is 1.22. The molecule has 5 aromatic heterocycles. The Morgan fingerprint density at radius 2 is 1.05 bits per heavy atom. The van der Waals surface area contributed by atoms with Crippen molar-refractivity contribution in [2.75, 3.05) is 10.6 Å². The highest BCUT2D eigenvalue weighted by molar-refractivity contribution is 6.30. The molecule has 1 unspecified atom stereocenters. The summed E-state index contributed by atoms with van der Waals surface area (Å²) in [6, 6.07) is 50.3. The standard InChI is InChI=1S/C56H44N8O2/c1-33(65)57-41-17-13-35(14-18-41)53-43-21-25-47(59-43)55(39-29-37-9-5-7-11-51(37)63(3)31-39)49-27-23-45(61-49)54(36-15-19-42(20-16-36)58-34(2)66)46-24-28-50(62-46)56(48-26-22-44(53)60-48)40-30-38-10-6-8-12-52(38)64(4)32-40/h5-32,53H,1-4H3,(H3-2,57,58,59,60,61,62,65,66)/p+2. The zero-order valence-electron chi connectivity index (χ0n) is 36.9. The molecule has 0 saturated heterocycles. The number of hydrogen-bond donors (Lipinski definition) is 5. The van der Waals surface area contributed by atoms with Crippen LogP contribution in [0.15, 0.2) is 181 Å². The summed E-state index contributed by atoms with van der Waals surface area (Å²) in [4.78, 5) is 41.3. The van der Waals surface area contributed by atoms with Crippen LogP contribution < -0.4 is 30.5 Å². The lowest BCUT2D eigenvalue weighted by atomic mass is 9.92. The number of H-pyrrole nitrogens is 3. The number of fused-ring (bicyclic) bond motifs is 9. The predicted octanol–water partition coefficient (Wildman–Crippen LogP) is 7.95. The van der Waals surface area contributed by atoms with Gasteiger partial charge in [0.15, 0.2) is 12.4 Å². The number of para-hydroxylation sites is 2. The lowest BCUT2D eigenvalue weighted by Crippen LogP contribution is -2.29. The molecule has 0 fully saturated rings. The van der Waals surface area contributed by atoms with Gasteiger partial charge in [0.25, 0.3) is 0 Å². The van der Waals surface area contributed by atoms with E-state index in [0.717, 1.165) is 117 Å². The summed E-state index contributed by atoms with van der Waals surface area (Å²) in [5.41, 5.74) is 16.1. The van der Waals surface area contributed by atoms with E-state index in [0.29, 0.717) is 0 Å². The quantitative estimate of drug-likeness (QED) is 0.109. The lowest BCUT2D eigenvalue weighted by Gasteiger charge is -2.17. The van der Waals surface area contributed by atoms with Gasteiger partial charge in [0.2, 0.25) is 22.8 Å². The molecule has 66 heavy (non-hydrogen) atoms. The first kappa shape index (κ1) is 40.2. The molecule has 8 bridgehead atoms. The van der Waals surface area contributed by atoms with Crippen molar-refractivity contribution in [1.82, 2.24) is 15.0 Å². The van der Waals surface area contributed by atoms with E-state index in [4.69, 9.17) is 4.99 Å². The molecule has 11 rings (SSSR count). The Labute approximate surface area is 380 Å². The van der Waals surface area contributed by atoms with E-state index in [2.05, 4.69) is 183 Å². The summed E-state index contributed by atoms with van der Waals surface area (Å²) >= 11 is 0. The van der Waals surface area contributed by atoms with Crippen LogP contribution in [0.1, 0.15) is 64.8 Å². The second-order valence-corrected chi connectivity index (χ2v) is 17.1. The van der Waals surface area contributed by atoms with Crippen LogP contribution in [0, 0.1) is 0 Å². The number of benzene rings is 4. The lowest BCUT2D eigenvalue weighted by molar-refractivity contribution is -0.645. The summed E-state index contributed by atoms with van der Waals surface area (Å²) in [6.07, 6.45) is 8.57. The summed E-state index contributed by atoms with van der Waals surface area (Å²) in [6.45, 7) is 3.04. The molecule has 2 amide bonds. The van der Waals surface area contributed by atoms with Gasteiger partial charge in [-0.2, -0.15) is 0 Å². The number of nitrogens with zero attached hydrogens (tertiary/aromatic N) is 3. The number of hydrogen-bond acceptors (Lipinski definition) is 3. The SMILES string of the molecule is CC(=O)Nc1ccc(C2=c3ccc([nH]3)=C(c3cc4ccccc4[n+](C)c3)c3ccc([nH]3)C(c3ccc(NC(C)=O)cc3)c3ccc([nH]3)C(c3cc4ccccc4[n+](C)c3)=C3C=CC2=N3)cc1. The van der Waals surface area contributed by atoms with Crippen LogP contribution in [0.3, 0.4) is 0 Å². The van der Waals surface area contributed by atoms with Gasteiger partial charge in [-0.1, -0.05) is 48.5 Å². The van der Waals surface area contributed by atoms with Crippen molar-refractivity contribution in [3.05, 3.63) is 232 Å². The van der Waals surface area contributed by atoms with Gasteiger partial charge in [0.1, 0.15) is 14.1 Å². The minimum atomic E-state index is -0.238. The molecule has 10 nitrogen and oxygen atoms in total. The zero-order valence-corrected chi connectivity index (χ0v) is 36.9. The van der Waals surface area contributed by atoms with Crippen molar-refractivity contribution in [2.24, 2.45) is 19.1 Å². The molecule has 2 aliphatic heterocycles. The van der Waals surface area contributed by atoms with E-state index in [-0.39, 0.29) is 17.7 Å². The van der Waals surface area contributed by atoms with Crippen molar-refractivity contribution >= 4 is 67.4 Å². The molecule has 1 atom stereocenters. The van der Waals surface area contributed by atoms with Gasteiger partial charge in [-0.15, -0.1) is 0 Å². The van der Waals surface area contributed by atoms with Gasteiger partial charge < -0.3 is 25.6 Å². The number of amides is 2. The molecule has 4 aromatic carbocycles. The first-order valence-corrected chi connectivity index (χ1v) is 22.0. The Hall–Kier alpha value is -8.63. The van der Waals surface area contributed by atoms with Crippen LogP contribution in [0.4, 0.5) is 11.4 Å². The number of anilines is 2. The smallest absolute Gasteiger partial charge is 0.221 e. The van der Waals surface area contributed by atoms with E-state index in [1.165, 1.54) is 13.8 Å². The van der Waals surface area contributed by atoms with Crippen LogP contribution in [0.5, 0.6) is 0 Å². The van der Waals surface area contributed by atoms with Gasteiger partial charge in [-0.3, -0.25) is 9.59 Å². The van der Waals surface area contributed by atoms with Gasteiger partial charge in [0.05, 0.1) is 28.5 Å². The van der Waals surface area contributed by atoms with Crippen LogP contribution >= 0.6 is 0 Å². The monoisotopic (exact) mass is 862 g/mol. The highest BCUT2D eigenvalue weighted by atomic mass is 16.2. The van der Waals surface area contributed by atoms with Gasteiger partial charge in [-0.05, 0) is 108 Å². The number of rotatable bonds is 6. The molecule has 0 radical (unpaired) electrons. The van der Waals surface area contributed by atoms with E-state index in [1.807, 2.05) is 36.4 Å². The Kier molecular flexibility index (Phi) is 9.84. The molecule has 2 aliphatic rings. The third-order valence-electron chi connectivity index (χ3n) is 12.5. The first-order valence-electron chi connectivity index (χ1n) is 22.0. The van der Waals surface area contributed by atoms with Crippen molar-refractivity contribution in [1.29, 1.82) is 0 Å². The fourth-order valence-corrected chi connectivity index (χ4v) is 9.63. The highest BCUT2D eigenvalue weighted by Crippen LogP contribution is 2.38. The maximum Gasteiger partial charge on any atom is 0.221 e. The van der Waals surface area contributed by atoms with E-state index >= 15 is 0 Å². The second kappa shape index (κ2) is 16.2. The number of aryl methyl sites for hydroxylation is 2. The third kappa shape index (κ3) is 7.34. The maximum atomic E-state index is 12.0. The summed E-state index contributed by atoms with van der Waals surface area (Å²) in [5.74, 6) is -0.484. The molecule has 0 spiro atoms. The molecule has 10 heteroatoms. The fraction of sp³-hybridized carbons (Fsp3) is 0.0893. The van der Waals surface area contributed by atoms with Gasteiger partial charge in [0, 0.05) is 98.3 Å². The van der Waals surface area contributed by atoms with Crippen LogP contribution in [0.2, 0.25) is 0 Å². The molecule has 0 aliphatic carbocycles. The van der Waals surface area contributed by atoms with Gasteiger partial charge >= 0.3 is 0 Å². The highest BCUT2D eigenvalue weighted by Gasteiger charge is 2.27. The molecule has 0 saturated carbocycles. The average Bonchev–Trinajstić information content (AvgIpc) is 4.16. The number of allylic oxidation sites excluding steroid dienone is 2. The number of pyridine rings is 2. The zero-order chi connectivity index (χ0) is 45.1. The number of aromatic amines is 3. The van der Waals surface area contributed by atoms with Crippen molar-refractivity contribution in [3.63, 3.8) is 0 Å². The Morgan fingerprint density at radius 1 is 0.530 bits per heavy atom. The average molecular weight is 863 g/mol. The number of carbonyl (C=O) groups excluding carboxylic acids is 2.